The standard InChI is InChI=1S/C17H21N3O4/c1-2-3-9-24-12-16(21)18-11-13-5-4-6-14(10-13)20-8-7-15(19-20)17(22)23/h4-8,10H,2-3,9,11-12H2,1H3,(H,18,21)(H,22,23). The summed E-state index contributed by atoms with van der Waals surface area (Å²) in [5.74, 6) is -1.23. The molecule has 7 heteroatoms. The maximum Gasteiger partial charge on any atom is 0.356 e. The maximum atomic E-state index is 11.7. The Hall–Kier alpha value is -2.67. The van der Waals surface area contributed by atoms with E-state index in [2.05, 4.69) is 17.3 Å². The minimum absolute atomic E-state index is 0.0158. The molecule has 1 aromatic heterocycles. The largest absolute Gasteiger partial charge is 0.476 e. The second kappa shape index (κ2) is 8.83. The molecule has 1 heterocycles. The summed E-state index contributed by atoms with van der Waals surface area (Å²) in [5, 5.41) is 15.7. The number of carboxylic acids is 1. The predicted molar refractivity (Wildman–Crippen MR) is 88.1 cm³/mol. The average Bonchev–Trinajstić information content (AvgIpc) is 3.08. The molecule has 0 spiro atoms. The van der Waals surface area contributed by atoms with Crippen LogP contribution in [0.4, 0.5) is 0 Å². The Balaban J connectivity index is 1.90. The van der Waals surface area contributed by atoms with Gasteiger partial charge in [0.25, 0.3) is 0 Å². The van der Waals surface area contributed by atoms with E-state index in [4.69, 9.17) is 9.84 Å². The van der Waals surface area contributed by atoms with E-state index < -0.39 is 5.97 Å². The van der Waals surface area contributed by atoms with Crippen molar-refractivity contribution in [3.8, 4) is 5.69 Å². The lowest BCUT2D eigenvalue weighted by Crippen LogP contribution is -2.27. The molecule has 0 saturated heterocycles. The monoisotopic (exact) mass is 331 g/mol. The number of aromatic nitrogens is 2. The molecular formula is C17H21N3O4. The van der Waals surface area contributed by atoms with E-state index in [-0.39, 0.29) is 18.2 Å². The van der Waals surface area contributed by atoms with Gasteiger partial charge in [0.15, 0.2) is 5.69 Å². The first-order chi connectivity index (χ1) is 11.6. The molecular weight excluding hydrogens is 310 g/mol. The maximum absolute atomic E-state index is 11.7. The lowest BCUT2D eigenvalue weighted by molar-refractivity contribution is -0.125. The third kappa shape index (κ3) is 5.20. The highest BCUT2D eigenvalue weighted by Crippen LogP contribution is 2.11. The summed E-state index contributed by atoms with van der Waals surface area (Å²) in [6, 6.07) is 8.80. The Bertz CT molecular complexity index is 697. The van der Waals surface area contributed by atoms with E-state index in [0.717, 1.165) is 24.1 Å². The average molecular weight is 331 g/mol. The summed E-state index contributed by atoms with van der Waals surface area (Å²) >= 11 is 0. The number of nitrogens with one attached hydrogen (secondary N) is 1. The second-order valence-electron chi connectivity index (χ2n) is 5.30. The van der Waals surface area contributed by atoms with E-state index >= 15 is 0 Å². The molecule has 0 bridgehead atoms. The number of rotatable bonds is 9. The van der Waals surface area contributed by atoms with Crippen molar-refractivity contribution in [2.75, 3.05) is 13.2 Å². The number of aromatic carboxylic acids is 1. The van der Waals surface area contributed by atoms with Gasteiger partial charge in [0, 0.05) is 19.3 Å². The number of carboxylic acid groups (broad SMARTS) is 1. The van der Waals surface area contributed by atoms with E-state index in [0.29, 0.717) is 13.2 Å². The molecule has 0 aliphatic carbocycles. The van der Waals surface area contributed by atoms with Crippen molar-refractivity contribution in [1.29, 1.82) is 0 Å². The van der Waals surface area contributed by atoms with Crippen molar-refractivity contribution in [2.45, 2.75) is 26.3 Å². The number of unbranched alkanes of at least 4 members (excludes halogenated alkanes) is 1. The minimum atomic E-state index is -1.07. The molecule has 0 saturated carbocycles. The topological polar surface area (TPSA) is 93.5 Å². The van der Waals surface area contributed by atoms with Gasteiger partial charge in [0.2, 0.25) is 5.91 Å². The molecule has 128 valence electrons. The van der Waals surface area contributed by atoms with Gasteiger partial charge in [0.05, 0.1) is 5.69 Å². The Kier molecular flexibility index (Phi) is 6.51. The van der Waals surface area contributed by atoms with Gasteiger partial charge in [-0.25, -0.2) is 9.48 Å². The van der Waals surface area contributed by atoms with Crippen LogP contribution < -0.4 is 5.32 Å². The number of benzene rings is 1. The third-order valence-electron chi connectivity index (χ3n) is 3.35. The fourth-order valence-electron chi connectivity index (χ4n) is 2.05. The van der Waals surface area contributed by atoms with E-state index in [1.807, 2.05) is 24.3 Å². The summed E-state index contributed by atoms with van der Waals surface area (Å²) in [7, 11) is 0. The summed E-state index contributed by atoms with van der Waals surface area (Å²) in [4.78, 5) is 22.6. The van der Waals surface area contributed by atoms with Crippen LogP contribution in [0.15, 0.2) is 36.5 Å². The summed E-state index contributed by atoms with van der Waals surface area (Å²) in [6.45, 7) is 3.08. The van der Waals surface area contributed by atoms with Gasteiger partial charge in [-0.15, -0.1) is 0 Å². The molecule has 0 fully saturated rings. The molecule has 2 rings (SSSR count). The normalized spacial score (nSPS) is 10.5. The Morgan fingerprint density at radius 1 is 1.33 bits per heavy atom. The number of carbonyl (C=O) groups excluding carboxylic acids is 1. The molecule has 0 aliphatic rings. The Morgan fingerprint density at radius 3 is 2.88 bits per heavy atom. The Labute approximate surface area is 140 Å². The van der Waals surface area contributed by atoms with E-state index in [9.17, 15) is 9.59 Å². The highest BCUT2D eigenvalue weighted by atomic mass is 16.5. The van der Waals surface area contributed by atoms with Gasteiger partial charge in [-0.2, -0.15) is 5.10 Å². The van der Waals surface area contributed by atoms with Crippen molar-refractivity contribution < 1.29 is 19.4 Å². The molecule has 0 unspecified atom stereocenters. The van der Waals surface area contributed by atoms with E-state index in [1.54, 1.807) is 6.20 Å². The van der Waals surface area contributed by atoms with Crippen molar-refractivity contribution in [3.63, 3.8) is 0 Å². The van der Waals surface area contributed by atoms with Gasteiger partial charge in [0.1, 0.15) is 6.61 Å². The zero-order chi connectivity index (χ0) is 17.4. The van der Waals surface area contributed by atoms with Crippen LogP contribution in [-0.4, -0.2) is 40.0 Å². The highest BCUT2D eigenvalue weighted by Gasteiger charge is 2.08. The third-order valence-corrected chi connectivity index (χ3v) is 3.35. The number of carbonyl (C=O) groups is 2. The molecule has 2 N–H and O–H groups in total. The molecule has 2 aromatic rings. The van der Waals surface area contributed by atoms with Crippen molar-refractivity contribution >= 4 is 11.9 Å². The summed E-state index contributed by atoms with van der Waals surface area (Å²) < 4.78 is 6.75. The molecule has 1 amide bonds. The number of hydrogen-bond acceptors (Lipinski definition) is 4. The van der Waals surface area contributed by atoms with Crippen LogP contribution in [0.2, 0.25) is 0 Å². The number of ether oxygens (including phenoxy) is 1. The first-order valence-corrected chi connectivity index (χ1v) is 7.83. The van der Waals surface area contributed by atoms with Crippen LogP contribution in [-0.2, 0) is 16.1 Å². The lowest BCUT2D eigenvalue weighted by Gasteiger charge is -2.08. The van der Waals surface area contributed by atoms with Crippen molar-refractivity contribution in [1.82, 2.24) is 15.1 Å². The lowest BCUT2D eigenvalue weighted by atomic mass is 10.2. The number of nitrogens with zero attached hydrogens (tertiary/aromatic N) is 2. The SMILES string of the molecule is CCCCOCC(=O)NCc1cccc(-n2ccc(C(=O)O)n2)c1. The second-order valence-corrected chi connectivity index (χ2v) is 5.30. The van der Waals surface area contributed by atoms with Crippen LogP contribution in [0.5, 0.6) is 0 Å². The predicted octanol–water partition coefficient (Wildman–Crippen LogP) is 2.00. The van der Waals surface area contributed by atoms with Gasteiger partial charge >= 0.3 is 5.97 Å². The smallest absolute Gasteiger partial charge is 0.356 e. The van der Waals surface area contributed by atoms with Crippen LogP contribution in [0.25, 0.3) is 5.69 Å². The molecule has 24 heavy (non-hydrogen) atoms. The zero-order valence-electron chi connectivity index (χ0n) is 13.6. The van der Waals surface area contributed by atoms with Gasteiger partial charge in [-0.3, -0.25) is 4.79 Å². The molecule has 0 radical (unpaired) electrons. The van der Waals surface area contributed by atoms with Crippen LogP contribution in [0.3, 0.4) is 0 Å². The highest BCUT2D eigenvalue weighted by molar-refractivity contribution is 5.85. The van der Waals surface area contributed by atoms with Crippen LogP contribution in [0, 0.1) is 0 Å². The van der Waals surface area contributed by atoms with Crippen LogP contribution >= 0.6 is 0 Å². The fraction of sp³-hybridized carbons (Fsp3) is 0.353. The fourth-order valence-corrected chi connectivity index (χ4v) is 2.05. The first kappa shape index (κ1) is 17.7. The molecule has 0 aliphatic heterocycles. The number of hydrogen-bond donors (Lipinski definition) is 2. The van der Waals surface area contributed by atoms with Gasteiger partial charge < -0.3 is 15.2 Å². The zero-order valence-corrected chi connectivity index (χ0v) is 13.6. The quantitative estimate of drug-likeness (QED) is 0.686. The minimum Gasteiger partial charge on any atom is -0.476 e. The number of amides is 1. The van der Waals surface area contributed by atoms with E-state index in [1.165, 1.54) is 10.7 Å². The van der Waals surface area contributed by atoms with Gasteiger partial charge in [-0.05, 0) is 30.2 Å². The van der Waals surface area contributed by atoms with Crippen molar-refractivity contribution in [3.05, 3.63) is 47.8 Å². The summed E-state index contributed by atoms with van der Waals surface area (Å²) in [6.07, 6.45) is 3.56. The molecule has 1 aromatic carbocycles. The molecule has 0 atom stereocenters. The molecule has 7 nitrogen and oxygen atoms in total. The summed E-state index contributed by atoms with van der Waals surface area (Å²) in [5.41, 5.74) is 1.60. The van der Waals surface area contributed by atoms with Crippen molar-refractivity contribution in [2.24, 2.45) is 0 Å². The van der Waals surface area contributed by atoms with Crippen LogP contribution in [0.1, 0.15) is 35.8 Å². The first-order valence-electron chi connectivity index (χ1n) is 7.83. The Morgan fingerprint density at radius 2 is 2.17 bits per heavy atom. The van der Waals surface area contributed by atoms with Gasteiger partial charge in [-0.1, -0.05) is 25.5 Å².